The van der Waals surface area contributed by atoms with Crippen LogP contribution in [0.5, 0.6) is 0 Å². The molecule has 0 unspecified atom stereocenters. The minimum absolute atomic E-state index is 0.0951. The summed E-state index contributed by atoms with van der Waals surface area (Å²) in [5.74, 6) is 0. The second-order valence-corrected chi connectivity index (χ2v) is 7.99. The summed E-state index contributed by atoms with van der Waals surface area (Å²) < 4.78 is 0. The lowest BCUT2D eigenvalue weighted by molar-refractivity contribution is 0.153. The quantitative estimate of drug-likeness (QED) is 0.842. The monoisotopic (exact) mass is 304 g/mol. The van der Waals surface area contributed by atoms with Crippen molar-refractivity contribution in [2.24, 2.45) is 0 Å². The maximum absolute atomic E-state index is 9.32. The van der Waals surface area contributed by atoms with Gasteiger partial charge < -0.3 is 10.6 Å². The molecule has 2 heterocycles. The molecule has 21 heavy (non-hydrogen) atoms. The number of hydrogen-bond acceptors (Lipinski definition) is 5. The number of rotatable bonds is 3. The molecule has 0 atom stereocenters. The number of thiazole rings is 1. The number of allylic oxidation sites excluding steroid dienone is 1. The van der Waals surface area contributed by atoms with Crippen LogP contribution in [0.3, 0.4) is 0 Å². The molecule has 1 saturated heterocycles. The molecule has 5 heteroatoms. The molecule has 1 aliphatic heterocycles. The van der Waals surface area contributed by atoms with Crippen molar-refractivity contribution in [3.8, 4) is 6.07 Å². The van der Waals surface area contributed by atoms with Gasteiger partial charge in [-0.15, -0.1) is 11.3 Å². The van der Waals surface area contributed by atoms with Crippen molar-refractivity contribution in [2.45, 2.75) is 64.6 Å². The Labute approximate surface area is 131 Å². The Morgan fingerprint density at radius 1 is 1.43 bits per heavy atom. The zero-order chi connectivity index (χ0) is 15.7. The van der Waals surface area contributed by atoms with Crippen LogP contribution in [-0.4, -0.2) is 22.1 Å². The first-order valence-corrected chi connectivity index (χ1v) is 8.17. The molecular weight excluding hydrogens is 280 g/mol. The predicted octanol–water partition coefficient (Wildman–Crippen LogP) is 3.21. The SMILES string of the molecule is Cc1csc(C(C#N)=CNC2CC(C)(C)NC(C)(C)C2)n1. The minimum Gasteiger partial charge on any atom is -0.387 e. The van der Waals surface area contributed by atoms with Crippen LogP contribution in [0.4, 0.5) is 0 Å². The van der Waals surface area contributed by atoms with Crippen molar-refractivity contribution in [1.82, 2.24) is 15.6 Å². The Morgan fingerprint density at radius 2 is 2.05 bits per heavy atom. The van der Waals surface area contributed by atoms with Gasteiger partial charge >= 0.3 is 0 Å². The van der Waals surface area contributed by atoms with Gasteiger partial charge in [0.1, 0.15) is 16.6 Å². The molecule has 0 radical (unpaired) electrons. The average Bonchev–Trinajstić information content (AvgIpc) is 2.72. The Kier molecular flexibility index (Phi) is 4.40. The first-order chi connectivity index (χ1) is 9.71. The smallest absolute Gasteiger partial charge is 0.135 e. The van der Waals surface area contributed by atoms with Crippen molar-refractivity contribution in [3.05, 3.63) is 22.3 Å². The van der Waals surface area contributed by atoms with Gasteiger partial charge in [-0.3, -0.25) is 0 Å². The number of nitrogens with zero attached hydrogens (tertiary/aromatic N) is 2. The van der Waals surface area contributed by atoms with Crippen molar-refractivity contribution in [3.63, 3.8) is 0 Å². The third kappa shape index (κ3) is 4.29. The van der Waals surface area contributed by atoms with E-state index in [4.69, 9.17) is 0 Å². The fraction of sp³-hybridized carbons (Fsp3) is 0.625. The topological polar surface area (TPSA) is 60.7 Å². The van der Waals surface area contributed by atoms with E-state index < -0.39 is 0 Å². The summed E-state index contributed by atoms with van der Waals surface area (Å²) in [5.41, 5.74) is 1.76. The molecule has 0 amide bonds. The molecule has 0 bridgehead atoms. The third-order valence-corrected chi connectivity index (χ3v) is 4.62. The average molecular weight is 304 g/mol. The number of piperidine rings is 1. The van der Waals surface area contributed by atoms with Crippen LogP contribution in [0.2, 0.25) is 0 Å². The molecule has 0 spiro atoms. The van der Waals surface area contributed by atoms with E-state index in [2.05, 4.69) is 49.4 Å². The van der Waals surface area contributed by atoms with E-state index in [1.807, 2.05) is 18.5 Å². The third-order valence-electron chi connectivity index (χ3n) is 3.62. The lowest BCUT2D eigenvalue weighted by atomic mass is 9.80. The summed E-state index contributed by atoms with van der Waals surface area (Å²) >= 11 is 1.51. The van der Waals surface area contributed by atoms with E-state index in [-0.39, 0.29) is 11.1 Å². The van der Waals surface area contributed by atoms with Crippen molar-refractivity contribution < 1.29 is 0 Å². The van der Waals surface area contributed by atoms with Crippen LogP contribution in [-0.2, 0) is 0 Å². The molecule has 1 aromatic heterocycles. The molecule has 0 aromatic carbocycles. The summed E-state index contributed by atoms with van der Waals surface area (Å²) in [6.45, 7) is 10.8. The number of aryl methyl sites for hydroxylation is 1. The highest BCUT2D eigenvalue weighted by atomic mass is 32.1. The molecular formula is C16H24N4S. The molecule has 1 fully saturated rings. The zero-order valence-corrected chi connectivity index (χ0v) is 14.3. The number of nitriles is 1. The van der Waals surface area contributed by atoms with Gasteiger partial charge in [0.2, 0.25) is 0 Å². The standard InChI is InChI=1S/C16H24N4S/c1-11-10-21-14(19-11)12(8-17)9-18-13-6-15(2,3)20-16(4,5)7-13/h9-10,13,18,20H,6-7H2,1-5H3. The fourth-order valence-corrected chi connectivity index (χ4v) is 4.02. The van der Waals surface area contributed by atoms with Gasteiger partial charge in [-0.25, -0.2) is 4.98 Å². The van der Waals surface area contributed by atoms with Crippen LogP contribution >= 0.6 is 11.3 Å². The number of hydrogen-bond donors (Lipinski definition) is 2. The zero-order valence-electron chi connectivity index (χ0n) is 13.4. The van der Waals surface area contributed by atoms with E-state index in [1.54, 1.807) is 0 Å². The molecule has 4 nitrogen and oxygen atoms in total. The van der Waals surface area contributed by atoms with Crippen LogP contribution in [0, 0.1) is 18.3 Å². The summed E-state index contributed by atoms with van der Waals surface area (Å²) in [4.78, 5) is 4.38. The van der Waals surface area contributed by atoms with E-state index in [0.717, 1.165) is 23.5 Å². The lowest BCUT2D eigenvalue weighted by Gasteiger charge is -2.46. The van der Waals surface area contributed by atoms with Crippen molar-refractivity contribution in [1.29, 1.82) is 5.26 Å². The Hall–Kier alpha value is -1.38. The maximum atomic E-state index is 9.32. The summed E-state index contributed by atoms with van der Waals surface area (Å²) in [6, 6.07) is 2.61. The summed E-state index contributed by atoms with van der Waals surface area (Å²) in [6.07, 6.45) is 3.89. The lowest BCUT2D eigenvalue weighted by Crippen LogP contribution is -2.61. The van der Waals surface area contributed by atoms with E-state index in [9.17, 15) is 5.26 Å². The van der Waals surface area contributed by atoms with Gasteiger partial charge in [0.05, 0.1) is 0 Å². The van der Waals surface area contributed by atoms with Crippen LogP contribution in [0.25, 0.3) is 5.57 Å². The molecule has 114 valence electrons. The van der Waals surface area contributed by atoms with Gasteiger partial charge in [0.15, 0.2) is 0 Å². The van der Waals surface area contributed by atoms with Gasteiger partial charge in [0.25, 0.3) is 0 Å². The Balaban J connectivity index is 2.10. The van der Waals surface area contributed by atoms with Gasteiger partial charge in [0, 0.05) is 34.4 Å². The summed E-state index contributed by atoms with van der Waals surface area (Å²) in [7, 11) is 0. The molecule has 2 rings (SSSR count). The second kappa shape index (κ2) is 5.78. The molecule has 1 aromatic rings. The fourth-order valence-electron chi connectivity index (χ4n) is 3.26. The first-order valence-electron chi connectivity index (χ1n) is 7.29. The van der Waals surface area contributed by atoms with Gasteiger partial charge in [-0.1, -0.05) is 0 Å². The van der Waals surface area contributed by atoms with Gasteiger partial charge in [-0.2, -0.15) is 5.26 Å². The highest BCUT2D eigenvalue weighted by Crippen LogP contribution is 2.28. The predicted molar refractivity (Wildman–Crippen MR) is 87.9 cm³/mol. The molecule has 1 aliphatic rings. The normalized spacial score (nSPS) is 21.8. The molecule has 2 N–H and O–H groups in total. The van der Waals surface area contributed by atoms with Gasteiger partial charge in [-0.05, 0) is 47.5 Å². The van der Waals surface area contributed by atoms with Crippen molar-refractivity contribution >= 4 is 16.9 Å². The van der Waals surface area contributed by atoms with Crippen LogP contribution in [0.1, 0.15) is 51.2 Å². The Morgan fingerprint density at radius 3 is 2.52 bits per heavy atom. The van der Waals surface area contributed by atoms with Crippen LogP contribution in [0.15, 0.2) is 11.6 Å². The number of aromatic nitrogens is 1. The second-order valence-electron chi connectivity index (χ2n) is 7.13. The van der Waals surface area contributed by atoms with E-state index in [1.165, 1.54) is 11.3 Å². The highest BCUT2D eigenvalue weighted by Gasteiger charge is 2.37. The Bertz CT molecular complexity index is 561. The minimum atomic E-state index is 0.0951. The molecule has 0 saturated carbocycles. The van der Waals surface area contributed by atoms with E-state index in [0.29, 0.717) is 11.6 Å². The van der Waals surface area contributed by atoms with Crippen molar-refractivity contribution in [2.75, 3.05) is 0 Å². The largest absolute Gasteiger partial charge is 0.387 e. The number of nitrogens with one attached hydrogen (secondary N) is 2. The highest BCUT2D eigenvalue weighted by molar-refractivity contribution is 7.10. The maximum Gasteiger partial charge on any atom is 0.135 e. The molecule has 0 aliphatic carbocycles. The first kappa shape index (κ1) is 16.0. The van der Waals surface area contributed by atoms with E-state index >= 15 is 0 Å². The summed E-state index contributed by atoms with van der Waals surface area (Å²) in [5, 5.41) is 19.2. The van der Waals surface area contributed by atoms with Crippen LogP contribution < -0.4 is 10.6 Å².